The monoisotopic (exact) mass is 485 g/mol. The Bertz CT molecular complexity index is 1550. The van der Waals surface area contributed by atoms with Crippen molar-refractivity contribution in [2.75, 3.05) is 13.1 Å². The predicted octanol–water partition coefficient (Wildman–Crippen LogP) is 5.34. The molecular weight excluding hydrogens is 457 g/mol. The lowest BCUT2D eigenvalue weighted by Gasteiger charge is -2.20. The molecule has 2 fully saturated rings. The van der Waals surface area contributed by atoms with Crippen molar-refractivity contribution in [3.05, 3.63) is 76.2 Å². The number of hydrogen-bond donors (Lipinski definition) is 0. The molecule has 1 saturated heterocycles. The van der Waals surface area contributed by atoms with Crippen molar-refractivity contribution in [3.8, 4) is 22.5 Å². The fourth-order valence-corrected chi connectivity index (χ4v) is 5.18. The van der Waals surface area contributed by atoms with Crippen LogP contribution in [0.3, 0.4) is 0 Å². The molecule has 184 valence electrons. The molecule has 1 atom stereocenters. The van der Waals surface area contributed by atoms with Crippen LogP contribution in [0.25, 0.3) is 33.5 Å². The molecule has 3 heterocycles. The maximum atomic E-state index is 15.6. The number of nitrogens with zero attached hydrogens (tertiary/aromatic N) is 3. The molecule has 0 bridgehead atoms. The van der Waals surface area contributed by atoms with E-state index < -0.39 is 5.82 Å². The highest BCUT2D eigenvalue weighted by molar-refractivity contribution is 5.84. The molecule has 0 spiro atoms. The largest absolute Gasteiger partial charge is 0.464 e. The van der Waals surface area contributed by atoms with Crippen LogP contribution in [0.4, 0.5) is 4.39 Å². The second-order valence-corrected chi connectivity index (χ2v) is 10.1. The SMILES string of the molecule is Cc1nc(-c2ccc(-c3ccc4occc4c3)cc2F)n(C[C@@H]2CCN(C(=O)C3CC3)C2)c(=O)c1C. The van der Waals surface area contributed by atoms with E-state index in [2.05, 4.69) is 4.98 Å². The van der Waals surface area contributed by atoms with Gasteiger partial charge in [0.25, 0.3) is 5.56 Å². The highest BCUT2D eigenvalue weighted by Crippen LogP contribution is 2.34. The molecule has 0 N–H and O–H groups in total. The third-order valence-corrected chi connectivity index (χ3v) is 7.60. The van der Waals surface area contributed by atoms with E-state index in [1.165, 1.54) is 6.07 Å². The molecule has 1 saturated carbocycles. The van der Waals surface area contributed by atoms with Gasteiger partial charge in [-0.3, -0.25) is 14.2 Å². The standard InChI is InChI=1S/C29H28FN3O3/c1-17-18(2)31-27(33(28(17)34)16-19-9-11-32(15-19)29(35)20-3-4-20)24-7-5-22(14-25(24)30)21-6-8-26-23(13-21)10-12-36-26/h5-8,10,12-14,19-20H,3-4,9,11,15-16H2,1-2H3/t19-/m1/s1. The minimum Gasteiger partial charge on any atom is -0.464 e. The van der Waals surface area contributed by atoms with Gasteiger partial charge >= 0.3 is 0 Å². The molecule has 4 aromatic rings. The number of benzene rings is 2. The van der Waals surface area contributed by atoms with Gasteiger partial charge in [-0.15, -0.1) is 0 Å². The van der Waals surface area contributed by atoms with Gasteiger partial charge in [-0.05, 0) is 80.5 Å². The van der Waals surface area contributed by atoms with Crippen molar-refractivity contribution in [2.45, 2.75) is 39.7 Å². The number of hydrogen-bond acceptors (Lipinski definition) is 4. The normalized spacial score (nSPS) is 17.8. The Labute approximate surface area is 208 Å². The third-order valence-electron chi connectivity index (χ3n) is 7.60. The first kappa shape index (κ1) is 22.7. The van der Waals surface area contributed by atoms with E-state index in [4.69, 9.17) is 4.42 Å². The van der Waals surface area contributed by atoms with Crippen molar-refractivity contribution in [3.63, 3.8) is 0 Å². The first-order valence-electron chi connectivity index (χ1n) is 12.5. The zero-order valence-corrected chi connectivity index (χ0v) is 20.5. The molecule has 6 rings (SSSR count). The quantitative estimate of drug-likeness (QED) is 0.383. The highest BCUT2D eigenvalue weighted by Gasteiger charge is 2.37. The van der Waals surface area contributed by atoms with Crippen molar-refractivity contribution in [1.82, 2.24) is 14.5 Å². The van der Waals surface area contributed by atoms with Gasteiger partial charge in [0, 0.05) is 42.2 Å². The number of carbonyl (C=O) groups is 1. The van der Waals surface area contributed by atoms with Gasteiger partial charge in [0.15, 0.2) is 0 Å². The van der Waals surface area contributed by atoms with Gasteiger partial charge < -0.3 is 9.32 Å². The number of halogens is 1. The van der Waals surface area contributed by atoms with E-state index in [0.717, 1.165) is 41.4 Å². The number of aryl methyl sites for hydroxylation is 1. The van der Waals surface area contributed by atoms with Gasteiger partial charge in [-0.1, -0.05) is 12.1 Å². The number of aromatic nitrogens is 2. The second kappa shape index (κ2) is 8.73. The summed E-state index contributed by atoms with van der Waals surface area (Å²) >= 11 is 0. The van der Waals surface area contributed by atoms with Crippen molar-refractivity contribution >= 4 is 16.9 Å². The first-order valence-corrected chi connectivity index (χ1v) is 12.5. The minimum atomic E-state index is -0.430. The van der Waals surface area contributed by atoms with E-state index in [1.54, 1.807) is 30.7 Å². The average Bonchev–Trinajstić information content (AvgIpc) is 3.43. The number of rotatable bonds is 5. The summed E-state index contributed by atoms with van der Waals surface area (Å²) in [7, 11) is 0. The van der Waals surface area contributed by atoms with Crippen LogP contribution in [0.5, 0.6) is 0 Å². The van der Waals surface area contributed by atoms with E-state index >= 15 is 4.39 Å². The molecule has 36 heavy (non-hydrogen) atoms. The molecule has 1 aliphatic carbocycles. The molecule has 1 amide bonds. The number of fused-ring (bicyclic) bond motifs is 1. The fourth-order valence-electron chi connectivity index (χ4n) is 5.18. The predicted molar refractivity (Wildman–Crippen MR) is 136 cm³/mol. The van der Waals surface area contributed by atoms with Crippen LogP contribution in [-0.4, -0.2) is 33.4 Å². The smallest absolute Gasteiger partial charge is 0.256 e. The maximum Gasteiger partial charge on any atom is 0.256 e. The van der Waals surface area contributed by atoms with Crippen LogP contribution in [0.2, 0.25) is 0 Å². The molecule has 0 unspecified atom stereocenters. The third kappa shape index (κ3) is 4.02. The molecule has 2 aromatic heterocycles. The molecule has 7 heteroatoms. The van der Waals surface area contributed by atoms with Gasteiger partial charge in [0.1, 0.15) is 17.2 Å². The minimum absolute atomic E-state index is 0.136. The van der Waals surface area contributed by atoms with E-state index in [0.29, 0.717) is 42.3 Å². The Morgan fingerprint density at radius 1 is 1.08 bits per heavy atom. The summed E-state index contributed by atoms with van der Waals surface area (Å²) in [4.78, 5) is 32.4. The zero-order chi connectivity index (χ0) is 25.0. The Hall–Kier alpha value is -3.74. The van der Waals surface area contributed by atoms with E-state index in [-0.39, 0.29) is 23.3 Å². The van der Waals surface area contributed by atoms with Crippen LogP contribution < -0.4 is 5.56 Å². The molecular formula is C29H28FN3O3. The average molecular weight is 486 g/mol. The summed E-state index contributed by atoms with van der Waals surface area (Å²) in [5, 5.41) is 0.951. The van der Waals surface area contributed by atoms with Crippen LogP contribution in [0, 0.1) is 31.5 Å². The fraction of sp³-hybridized carbons (Fsp3) is 0.345. The van der Waals surface area contributed by atoms with Crippen molar-refractivity contribution in [1.29, 1.82) is 0 Å². The molecule has 2 aromatic carbocycles. The van der Waals surface area contributed by atoms with Crippen molar-refractivity contribution in [2.24, 2.45) is 11.8 Å². The Balaban J connectivity index is 1.34. The lowest BCUT2D eigenvalue weighted by molar-refractivity contribution is -0.131. The van der Waals surface area contributed by atoms with E-state index in [9.17, 15) is 9.59 Å². The second-order valence-electron chi connectivity index (χ2n) is 10.1. The van der Waals surface area contributed by atoms with Gasteiger partial charge in [-0.2, -0.15) is 0 Å². The van der Waals surface area contributed by atoms with Gasteiger partial charge in [0.2, 0.25) is 5.91 Å². The number of carbonyl (C=O) groups excluding carboxylic acids is 1. The summed E-state index contributed by atoms with van der Waals surface area (Å²) in [6.45, 7) is 5.30. The molecule has 2 aliphatic rings. The molecule has 6 nitrogen and oxygen atoms in total. The Kier molecular flexibility index (Phi) is 5.51. The van der Waals surface area contributed by atoms with Crippen LogP contribution in [-0.2, 0) is 11.3 Å². The topological polar surface area (TPSA) is 68.3 Å². The number of likely N-dealkylation sites (tertiary alicyclic amines) is 1. The summed E-state index contributed by atoms with van der Waals surface area (Å²) in [6, 6.07) is 12.7. The maximum absolute atomic E-state index is 15.6. The van der Waals surface area contributed by atoms with Gasteiger partial charge in [0.05, 0.1) is 11.8 Å². The number of amides is 1. The first-order chi connectivity index (χ1) is 17.4. The van der Waals surface area contributed by atoms with Crippen LogP contribution >= 0.6 is 0 Å². The van der Waals surface area contributed by atoms with Crippen molar-refractivity contribution < 1.29 is 13.6 Å². The Morgan fingerprint density at radius 3 is 2.64 bits per heavy atom. The lowest BCUT2D eigenvalue weighted by Crippen LogP contribution is -2.33. The van der Waals surface area contributed by atoms with Crippen LogP contribution in [0.1, 0.15) is 30.5 Å². The van der Waals surface area contributed by atoms with E-state index in [1.807, 2.05) is 35.2 Å². The number of furan rings is 1. The summed E-state index contributed by atoms with van der Waals surface area (Å²) in [5.41, 5.74) is 3.70. The zero-order valence-electron chi connectivity index (χ0n) is 20.5. The lowest BCUT2D eigenvalue weighted by atomic mass is 10.0. The molecule has 1 aliphatic heterocycles. The summed E-state index contributed by atoms with van der Waals surface area (Å²) in [6.07, 6.45) is 4.43. The summed E-state index contributed by atoms with van der Waals surface area (Å²) < 4.78 is 22.6. The van der Waals surface area contributed by atoms with Gasteiger partial charge in [-0.25, -0.2) is 9.37 Å². The Morgan fingerprint density at radius 2 is 1.86 bits per heavy atom. The highest BCUT2D eigenvalue weighted by atomic mass is 19.1. The molecule has 0 radical (unpaired) electrons. The van der Waals surface area contributed by atoms with Crippen LogP contribution in [0.15, 0.2) is 57.9 Å². The summed E-state index contributed by atoms with van der Waals surface area (Å²) in [5.74, 6) is 0.466.